The number of methoxy groups -OCH3 is 1. The molecule has 3 aromatic carbocycles. The standard InChI is InChI=1S/C25H27FN2O4S/c1-27(17-18-7-8-21-16-22(32-2)10-9-20(21)15-18)25(29)19-11-13-28(14-12-19)33(30,31)24-6-4-3-5-23(24)26/h3-10,15-16,19H,11-14,17H2,1-2H3. The number of hydrogen-bond donors (Lipinski definition) is 0. The molecule has 1 aliphatic rings. The molecule has 0 saturated carbocycles. The average molecular weight is 471 g/mol. The lowest BCUT2D eigenvalue weighted by Gasteiger charge is -2.32. The summed E-state index contributed by atoms with van der Waals surface area (Å²) >= 11 is 0. The molecule has 1 amide bonds. The third-order valence-electron chi connectivity index (χ3n) is 6.17. The Morgan fingerprint density at radius 2 is 1.73 bits per heavy atom. The molecular weight excluding hydrogens is 443 g/mol. The summed E-state index contributed by atoms with van der Waals surface area (Å²) in [4.78, 5) is 14.4. The maximum Gasteiger partial charge on any atom is 0.245 e. The van der Waals surface area contributed by atoms with Crippen molar-refractivity contribution >= 4 is 26.7 Å². The molecule has 0 radical (unpaired) electrons. The highest BCUT2D eigenvalue weighted by Crippen LogP contribution is 2.27. The number of carbonyl (C=O) groups excluding carboxylic acids is 1. The fourth-order valence-corrected chi connectivity index (χ4v) is 5.83. The van der Waals surface area contributed by atoms with Gasteiger partial charge in [-0.15, -0.1) is 0 Å². The summed E-state index contributed by atoms with van der Waals surface area (Å²) in [6, 6.07) is 17.3. The molecule has 0 spiro atoms. The number of sulfonamides is 1. The van der Waals surface area contributed by atoms with Crippen LogP contribution in [0.1, 0.15) is 18.4 Å². The number of ether oxygens (including phenoxy) is 1. The number of nitrogens with zero attached hydrogens (tertiary/aromatic N) is 2. The molecule has 0 bridgehead atoms. The van der Waals surface area contributed by atoms with Crippen molar-refractivity contribution in [2.75, 3.05) is 27.2 Å². The lowest BCUT2D eigenvalue weighted by Crippen LogP contribution is -2.43. The Labute approximate surface area is 193 Å². The Bertz CT molecular complexity index is 1270. The highest BCUT2D eigenvalue weighted by atomic mass is 32.2. The normalized spacial score (nSPS) is 15.5. The molecular formula is C25H27FN2O4S. The Kier molecular flexibility index (Phi) is 6.67. The second-order valence-electron chi connectivity index (χ2n) is 8.35. The van der Waals surface area contributed by atoms with Crippen LogP contribution in [0, 0.1) is 11.7 Å². The van der Waals surface area contributed by atoms with E-state index in [0.717, 1.165) is 28.2 Å². The van der Waals surface area contributed by atoms with Crippen molar-refractivity contribution in [1.82, 2.24) is 9.21 Å². The number of benzene rings is 3. The van der Waals surface area contributed by atoms with Gasteiger partial charge in [-0.3, -0.25) is 4.79 Å². The second-order valence-corrected chi connectivity index (χ2v) is 10.3. The summed E-state index contributed by atoms with van der Waals surface area (Å²) in [7, 11) is -0.510. The first kappa shape index (κ1) is 23.2. The van der Waals surface area contributed by atoms with Gasteiger partial charge in [-0.2, -0.15) is 4.31 Å². The molecule has 0 N–H and O–H groups in total. The largest absolute Gasteiger partial charge is 0.497 e. The van der Waals surface area contributed by atoms with E-state index in [2.05, 4.69) is 6.07 Å². The predicted octanol–water partition coefficient (Wildman–Crippen LogP) is 4.05. The van der Waals surface area contributed by atoms with Gasteiger partial charge >= 0.3 is 0 Å². The highest BCUT2D eigenvalue weighted by Gasteiger charge is 2.34. The van der Waals surface area contributed by atoms with Crippen molar-refractivity contribution < 1.29 is 22.3 Å². The second kappa shape index (κ2) is 9.49. The van der Waals surface area contributed by atoms with Crippen LogP contribution in [-0.4, -0.2) is 50.8 Å². The molecule has 0 unspecified atom stereocenters. The minimum Gasteiger partial charge on any atom is -0.497 e. The van der Waals surface area contributed by atoms with E-state index in [0.29, 0.717) is 19.4 Å². The lowest BCUT2D eigenvalue weighted by molar-refractivity contribution is -0.135. The van der Waals surface area contributed by atoms with Crippen molar-refractivity contribution in [1.29, 1.82) is 0 Å². The minimum atomic E-state index is -3.91. The van der Waals surface area contributed by atoms with E-state index in [4.69, 9.17) is 4.74 Å². The van der Waals surface area contributed by atoms with E-state index < -0.39 is 15.8 Å². The van der Waals surface area contributed by atoms with Crippen molar-refractivity contribution in [3.8, 4) is 5.75 Å². The van der Waals surface area contributed by atoms with Gasteiger partial charge in [-0.1, -0.05) is 30.3 Å². The Balaban J connectivity index is 1.38. The first-order valence-electron chi connectivity index (χ1n) is 10.9. The van der Waals surface area contributed by atoms with Gasteiger partial charge in [0.25, 0.3) is 0 Å². The number of piperidine rings is 1. The molecule has 4 rings (SSSR count). The Morgan fingerprint density at radius 1 is 1.06 bits per heavy atom. The van der Waals surface area contributed by atoms with E-state index in [1.807, 2.05) is 30.3 Å². The topological polar surface area (TPSA) is 66.9 Å². The Morgan fingerprint density at radius 3 is 2.42 bits per heavy atom. The van der Waals surface area contributed by atoms with E-state index in [1.165, 1.54) is 22.5 Å². The van der Waals surface area contributed by atoms with Gasteiger partial charge in [0, 0.05) is 32.6 Å². The van der Waals surface area contributed by atoms with Crippen LogP contribution in [0.15, 0.2) is 65.6 Å². The third kappa shape index (κ3) is 4.86. The van der Waals surface area contributed by atoms with E-state index in [9.17, 15) is 17.6 Å². The molecule has 0 atom stereocenters. The summed E-state index contributed by atoms with van der Waals surface area (Å²) in [5.74, 6) is -0.227. The van der Waals surface area contributed by atoms with Gasteiger partial charge in [-0.25, -0.2) is 12.8 Å². The van der Waals surface area contributed by atoms with Crippen LogP contribution in [0.4, 0.5) is 4.39 Å². The van der Waals surface area contributed by atoms with Crippen LogP contribution < -0.4 is 4.74 Å². The fourth-order valence-electron chi connectivity index (χ4n) is 4.30. The van der Waals surface area contributed by atoms with Crippen LogP contribution in [0.5, 0.6) is 5.75 Å². The van der Waals surface area contributed by atoms with E-state index >= 15 is 0 Å². The molecule has 1 heterocycles. The lowest BCUT2D eigenvalue weighted by atomic mass is 9.96. The van der Waals surface area contributed by atoms with Crippen LogP contribution in [0.25, 0.3) is 10.8 Å². The number of rotatable bonds is 6. The number of fused-ring (bicyclic) bond motifs is 1. The van der Waals surface area contributed by atoms with Crippen molar-refractivity contribution in [3.05, 3.63) is 72.0 Å². The van der Waals surface area contributed by atoms with Crippen molar-refractivity contribution in [2.24, 2.45) is 5.92 Å². The van der Waals surface area contributed by atoms with E-state index in [1.54, 1.807) is 19.1 Å². The predicted molar refractivity (Wildman–Crippen MR) is 125 cm³/mol. The quantitative estimate of drug-likeness (QED) is 0.545. The summed E-state index contributed by atoms with van der Waals surface area (Å²) in [5.41, 5.74) is 1.02. The molecule has 0 aliphatic carbocycles. The van der Waals surface area contributed by atoms with Gasteiger partial charge in [-0.05, 0) is 59.5 Å². The molecule has 3 aromatic rings. The van der Waals surface area contributed by atoms with Crippen LogP contribution in [0.2, 0.25) is 0 Å². The molecule has 1 fully saturated rings. The van der Waals surface area contributed by atoms with Gasteiger partial charge < -0.3 is 9.64 Å². The maximum absolute atomic E-state index is 14.0. The summed E-state index contributed by atoms with van der Waals surface area (Å²) < 4.78 is 46.1. The fraction of sp³-hybridized carbons (Fsp3) is 0.320. The zero-order valence-electron chi connectivity index (χ0n) is 18.7. The summed E-state index contributed by atoms with van der Waals surface area (Å²) in [6.07, 6.45) is 0.822. The van der Waals surface area contributed by atoms with Gasteiger partial charge in [0.2, 0.25) is 15.9 Å². The number of amides is 1. The van der Waals surface area contributed by atoms with Crippen molar-refractivity contribution in [3.63, 3.8) is 0 Å². The summed E-state index contributed by atoms with van der Waals surface area (Å²) in [6.45, 7) is 0.853. The van der Waals surface area contributed by atoms with Crippen molar-refractivity contribution in [2.45, 2.75) is 24.3 Å². The maximum atomic E-state index is 14.0. The van der Waals surface area contributed by atoms with Gasteiger partial charge in [0.15, 0.2) is 0 Å². The monoisotopic (exact) mass is 470 g/mol. The number of halogens is 1. The Hall–Kier alpha value is -2.97. The van der Waals surface area contributed by atoms with Crippen LogP contribution in [0.3, 0.4) is 0 Å². The number of carbonyl (C=O) groups is 1. The number of hydrogen-bond acceptors (Lipinski definition) is 4. The first-order chi connectivity index (χ1) is 15.8. The molecule has 8 heteroatoms. The zero-order chi connectivity index (χ0) is 23.6. The van der Waals surface area contributed by atoms with E-state index in [-0.39, 0.29) is 29.8 Å². The molecule has 0 aromatic heterocycles. The molecule has 1 saturated heterocycles. The van der Waals surface area contributed by atoms with Gasteiger partial charge in [0.05, 0.1) is 7.11 Å². The zero-order valence-corrected chi connectivity index (χ0v) is 19.5. The molecule has 33 heavy (non-hydrogen) atoms. The summed E-state index contributed by atoms with van der Waals surface area (Å²) in [5, 5.41) is 2.14. The third-order valence-corrected chi connectivity index (χ3v) is 8.10. The highest BCUT2D eigenvalue weighted by molar-refractivity contribution is 7.89. The SMILES string of the molecule is COc1ccc2cc(CN(C)C(=O)C3CCN(S(=O)(=O)c4ccccc4F)CC3)ccc2c1. The minimum absolute atomic E-state index is 0.00670. The van der Waals surface area contributed by atoms with Crippen LogP contribution >= 0.6 is 0 Å². The molecule has 6 nitrogen and oxygen atoms in total. The average Bonchev–Trinajstić information content (AvgIpc) is 2.83. The molecule has 174 valence electrons. The van der Waals surface area contributed by atoms with Gasteiger partial charge in [0.1, 0.15) is 16.5 Å². The van der Waals surface area contributed by atoms with Crippen LogP contribution in [-0.2, 0) is 21.4 Å². The molecule has 1 aliphatic heterocycles. The smallest absolute Gasteiger partial charge is 0.245 e. The first-order valence-corrected chi connectivity index (χ1v) is 12.3.